The van der Waals surface area contributed by atoms with Gasteiger partial charge in [0.1, 0.15) is 5.82 Å². The Morgan fingerprint density at radius 1 is 1.00 bits per heavy atom. The van der Waals surface area contributed by atoms with E-state index in [9.17, 15) is 4.39 Å². The first-order chi connectivity index (χ1) is 9.61. The Labute approximate surface area is 129 Å². The first kappa shape index (κ1) is 15.3. The second-order valence-electron chi connectivity index (χ2n) is 5.19. The molecule has 2 rings (SSSR count). The van der Waals surface area contributed by atoms with E-state index in [4.69, 9.17) is 23.2 Å². The maximum atomic E-state index is 14.1. The first-order valence-corrected chi connectivity index (χ1v) is 7.61. The minimum atomic E-state index is -0.581. The molecular weight excluding hydrogens is 294 g/mol. The Balaban J connectivity index is 2.42. The third-order valence-corrected chi connectivity index (χ3v) is 4.60. The van der Waals surface area contributed by atoms with Crippen LogP contribution >= 0.6 is 23.2 Å². The number of benzene rings is 2. The predicted molar refractivity (Wildman–Crippen MR) is 84.4 cm³/mol. The minimum absolute atomic E-state index is 0.249. The van der Waals surface area contributed by atoms with Gasteiger partial charge in [-0.2, -0.15) is 0 Å². The van der Waals surface area contributed by atoms with Crippen molar-refractivity contribution >= 4 is 23.2 Å². The van der Waals surface area contributed by atoms with Crippen LogP contribution in [0.4, 0.5) is 4.39 Å². The van der Waals surface area contributed by atoms with Crippen LogP contribution in [-0.4, -0.2) is 11.8 Å². The van der Waals surface area contributed by atoms with Crippen LogP contribution in [-0.2, 0) is 11.8 Å². The summed E-state index contributed by atoms with van der Waals surface area (Å²) in [5.41, 5.74) is 2.30. The molecule has 20 heavy (non-hydrogen) atoms. The smallest absolute Gasteiger partial charge is 0.127 e. The topological polar surface area (TPSA) is 0 Å². The lowest BCUT2D eigenvalue weighted by molar-refractivity contribution is 0.491. The molecule has 106 valence electrons. The summed E-state index contributed by atoms with van der Waals surface area (Å²) in [5, 5.41) is 0. The van der Waals surface area contributed by atoms with Crippen molar-refractivity contribution in [3.8, 4) is 0 Å². The van der Waals surface area contributed by atoms with Gasteiger partial charge in [-0.15, -0.1) is 23.2 Å². The highest BCUT2D eigenvalue weighted by Crippen LogP contribution is 2.33. The molecule has 0 aliphatic rings. The van der Waals surface area contributed by atoms with Crippen molar-refractivity contribution in [2.45, 2.75) is 18.8 Å². The molecule has 0 heterocycles. The van der Waals surface area contributed by atoms with E-state index in [1.165, 1.54) is 11.6 Å². The van der Waals surface area contributed by atoms with Gasteiger partial charge in [-0.25, -0.2) is 4.39 Å². The van der Waals surface area contributed by atoms with E-state index in [-0.39, 0.29) is 17.6 Å². The molecule has 3 heteroatoms. The van der Waals surface area contributed by atoms with Crippen LogP contribution < -0.4 is 0 Å². The monoisotopic (exact) mass is 310 g/mol. The Hall–Kier alpha value is -1.05. The van der Waals surface area contributed by atoms with Gasteiger partial charge in [0.15, 0.2) is 0 Å². The minimum Gasteiger partial charge on any atom is -0.207 e. The second-order valence-corrected chi connectivity index (χ2v) is 5.73. The van der Waals surface area contributed by atoms with Crippen molar-refractivity contribution in [3.63, 3.8) is 0 Å². The molecule has 0 fully saturated rings. The molecule has 0 saturated heterocycles. The van der Waals surface area contributed by atoms with E-state index in [1.807, 2.05) is 31.2 Å². The maximum absolute atomic E-state index is 14.1. The molecule has 0 aromatic heterocycles. The van der Waals surface area contributed by atoms with E-state index >= 15 is 0 Å². The van der Waals surface area contributed by atoms with Crippen LogP contribution in [0.15, 0.2) is 48.5 Å². The van der Waals surface area contributed by atoms with Gasteiger partial charge in [0, 0.05) is 17.2 Å². The van der Waals surface area contributed by atoms with E-state index in [2.05, 4.69) is 6.07 Å². The molecule has 0 unspecified atom stereocenters. The molecule has 0 nitrogen and oxygen atoms in total. The molecule has 0 amide bonds. The SMILES string of the molecule is Cc1cccc(CC(CCl)(CCl)c2ccccc2F)c1. The van der Waals surface area contributed by atoms with E-state index in [0.29, 0.717) is 12.0 Å². The van der Waals surface area contributed by atoms with Crippen molar-refractivity contribution < 1.29 is 4.39 Å². The van der Waals surface area contributed by atoms with Crippen molar-refractivity contribution in [1.82, 2.24) is 0 Å². The number of alkyl halides is 2. The zero-order chi connectivity index (χ0) is 14.6. The average molecular weight is 311 g/mol. The zero-order valence-corrected chi connectivity index (χ0v) is 12.9. The fraction of sp³-hybridized carbons (Fsp3) is 0.294. The Morgan fingerprint density at radius 2 is 1.70 bits per heavy atom. The summed E-state index contributed by atoms with van der Waals surface area (Å²) in [4.78, 5) is 0. The number of hydrogen-bond donors (Lipinski definition) is 0. The highest BCUT2D eigenvalue weighted by Gasteiger charge is 2.33. The Bertz CT molecular complexity index is 577. The van der Waals surface area contributed by atoms with Crippen molar-refractivity contribution in [2.24, 2.45) is 0 Å². The third-order valence-electron chi connectivity index (χ3n) is 3.58. The molecule has 0 atom stereocenters. The van der Waals surface area contributed by atoms with Gasteiger partial charge >= 0.3 is 0 Å². The number of aryl methyl sites for hydroxylation is 1. The molecule has 0 saturated carbocycles. The summed E-state index contributed by atoms with van der Waals surface area (Å²) >= 11 is 12.3. The van der Waals surface area contributed by atoms with E-state index in [1.54, 1.807) is 12.1 Å². The molecule has 0 aliphatic carbocycles. The molecular formula is C17H17Cl2F. The maximum Gasteiger partial charge on any atom is 0.127 e. The third kappa shape index (κ3) is 3.16. The summed E-state index contributed by atoms with van der Waals surface area (Å²) in [5.74, 6) is 0.318. The molecule has 0 spiro atoms. The van der Waals surface area contributed by atoms with Gasteiger partial charge in [0.25, 0.3) is 0 Å². The van der Waals surface area contributed by atoms with Gasteiger partial charge in [-0.05, 0) is 30.5 Å². The number of halogens is 3. The number of rotatable bonds is 5. The van der Waals surface area contributed by atoms with Gasteiger partial charge in [-0.1, -0.05) is 48.0 Å². The van der Waals surface area contributed by atoms with Gasteiger partial charge in [0.05, 0.1) is 0 Å². The molecule has 2 aromatic rings. The standard InChI is InChI=1S/C17H17Cl2F/c1-13-5-4-6-14(9-13)10-17(11-18,12-19)15-7-2-3-8-16(15)20/h2-9H,10-12H2,1H3. The van der Waals surface area contributed by atoms with E-state index < -0.39 is 5.41 Å². The van der Waals surface area contributed by atoms with Crippen LogP contribution in [0.25, 0.3) is 0 Å². The largest absolute Gasteiger partial charge is 0.207 e. The molecule has 0 bridgehead atoms. The fourth-order valence-corrected chi connectivity index (χ4v) is 3.24. The normalized spacial score (nSPS) is 11.6. The lowest BCUT2D eigenvalue weighted by atomic mass is 9.78. The summed E-state index contributed by atoms with van der Waals surface area (Å²) in [6.45, 7) is 2.04. The second kappa shape index (κ2) is 6.60. The average Bonchev–Trinajstić information content (AvgIpc) is 2.46. The van der Waals surface area contributed by atoms with Gasteiger partial charge < -0.3 is 0 Å². The summed E-state index contributed by atoms with van der Waals surface area (Å²) < 4.78 is 14.1. The van der Waals surface area contributed by atoms with E-state index in [0.717, 1.165) is 5.56 Å². The zero-order valence-electron chi connectivity index (χ0n) is 11.4. The van der Waals surface area contributed by atoms with Gasteiger partial charge in [-0.3, -0.25) is 0 Å². The molecule has 2 aromatic carbocycles. The quantitative estimate of drug-likeness (QED) is 0.675. The lowest BCUT2D eigenvalue weighted by Gasteiger charge is -2.31. The van der Waals surface area contributed by atoms with Crippen molar-refractivity contribution in [2.75, 3.05) is 11.8 Å². The summed E-state index contributed by atoms with van der Waals surface area (Å²) in [7, 11) is 0. The van der Waals surface area contributed by atoms with Crippen LogP contribution in [0.2, 0.25) is 0 Å². The highest BCUT2D eigenvalue weighted by molar-refractivity contribution is 6.22. The predicted octanol–water partition coefficient (Wildman–Crippen LogP) is 5.09. The summed E-state index contributed by atoms with van der Waals surface area (Å²) in [6.07, 6.45) is 0.628. The van der Waals surface area contributed by atoms with Gasteiger partial charge in [0.2, 0.25) is 0 Å². The van der Waals surface area contributed by atoms with Crippen molar-refractivity contribution in [3.05, 3.63) is 71.0 Å². The van der Waals surface area contributed by atoms with Crippen LogP contribution in [0.5, 0.6) is 0 Å². The van der Waals surface area contributed by atoms with Crippen LogP contribution in [0, 0.1) is 12.7 Å². The van der Waals surface area contributed by atoms with Crippen LogP contribution in [0.1, 0.15) is 16.7 Å². The lowest BCUT2D eigenvalue weighted by Crippen LogP contribution is -2.34. The molecule has 0 radical (unpaired) electrons. The highest BCUT2D eigenvalue weighted by atomic mass is 35.5. The summed E-state index contributed by atoms with van der Waals surface area (Å²) in [6, 6.07) is 14.9. The Kier molecular flexibility index (Phi) is 5.06. The first-order valence-electron chi connectivity index (χ1n) is 6.54. The van der Waals surface area contributed by atoms with Crippen LogP contribution in [0.3, 0.4) is 0 Å². The van der Waals surface area contributed by atoms with Crippen molar-refractivity contribution in [1.29, 1.82) is 0 Å². The fourth-order valence-electron chi connectivity index (χ4n) is 2.47. The molecule has 0 aliphatic heterocycles. The molecule has 0 N–H and O–H groups in total. The number of hydrogen-bond acceptors (Lipinski definition) is 0. The Morgan fingerprint density at radius 3 is 2.30 bits per heavy atom.